The highest BCUT2D eigenvalue weighted by Crippen LogP contribution is 2.31. The Hall–Kier alpha value is -0.980. The second kappa shape index (κ2) is 5.98. The zero-order valence-corrected chi connectivity index (χ0v) is 11.1. The van der Waals surface area contributed by atoms with Gasteiger partial charge in [0.1, 0.15) is 0 Å². The Labute approximate surface area is 118 Å². The van der Waals surface area contributed by atoms with E-state index < -0.39 is 17.6 Å². The SMILES string of the molecule is Cl.O=C(NC1CNC1)c1cc(C(F)(F)F)ccc1Cl. The van der Waals surface area contributed by atoms with Gasteiger partial charge >= 0.3 is 6.18 Å². The van der Waals surface area contributed by atoms with Crippen molar-refractivity contribution in [3.63, 3.8) is 0 Å². The highest BCUT2D eigenvalue weighted by atomic mass is 35.5. The molecule has 1 aliphatic heterocycles. The molecule has 1 heterocycles. The van der Waals surface area contributed by atoms with Crippen molar-refractivity contribution in [2.24, 2.45) is 0 Å². The van der Waals surface area contributed by atoms with E-state index in [0.717, 1.165) is 18.2 Å². The molecule has 8 heteroatoms. The number of nitrogens with one attached hydrogen (secondary N) is 2. The third-order valence-electron chi connectivity index (χ3n) is 2.66. The van der Waals surface area contributed by atoms with Crippen LogP contribution in [0, 0.1) is 0 Å². The van der Waals surface area contributed by atoms with Crippen LogP contribution in [0.15, 0.2) is 18.2 Å². The molecule has 0 unspecified atom stereocenters. The number of hydrogen-bond acceptors (Lipinski definition) is 2. The molecule has 1 aromatic carbocycles. The predicted molar refractivity (Wildman–Crippen MR) is 67.8 cm³/mol. The summed E-state index contributed by atoms with van der Waals surface area (Å²) in [6, 6.07) is 2.65. The van der Waals surface area contributed by atoms with Crippen LogP contribution in [0.3, 0.4) is 0 Å². The van der Waals surface area contributed by atoms with Crippen LogP contribution in [0.25, 0.3) is 0 Å². The summed E-state index contributed by atoms with van der Waals surface area (Å²) in [6.45, 7) is 1.23. The Morgan fingerprint density at radius 2 is 2.00 bits per heavy atom. The molecule has 0 radical (unpaired) electrons. The average Bonchev–Trinajstić information content (AvgIpc) is 2.22. The van der Waals surface area contributed by atoms with Crippen LogP contribution < -0.4 is 10.6 Å². The quantitative estimate of drug-likeness (QED) is 0.880. The van der Waals surface area contributed by atoms with Crippen LogP contribution in [-0.4, -0.2) is 25.0 Å². The number of carbonyl (C=O) groups excluding carboxylic acids is 1. The van der Waals surface area contributed by atoms with Gasteiger partial charge in [0.2, 0.25) is 0 Å². The standard InChI is InChI=1S/C11H10ClF3N2O.ClH/c12-9-2-1-6(11(13,14)15)3-8(9)10(18)17-7-4-16-5-7;/h1-3,7,16H,4-5H2,(H,17,18);1H. The van der Waals surface area contributed by atoms with Crippen LogP contribution in [0.5, 0.6) is 0 Å². The summed E-state index contributed by atoms with van der Waals surface area (Å²) in [5.41, 5.74) is -1.04. The molecule has 0 aliphatic carbocycles. The van der Waals surface area contributed by atoms with Gasteiger partial charge in [0.25, 0.3) is 5.91 Å². The van der Waals surface area contributed by atoms with Crippen LogP contribution >= 0.6 is 24.0 Å². The highest BCUT2D eigenvalue weighted by Gasteiger charge is 2.32. The van der Waals surface area contributed by atoms with Gasteiger partial charge in [-0.15, -0.1) is 12.4 Å². The van der Waals surface area contributed by atoms with E-state index in [1.54, 1.807) is 0 Å². The molecular weight excluding hydrogens is 304 g/mol. The number of benzene rings is 1. The molecule has 2 N–H and O–H groups in total. The lowest BCUT2D eigenvalue weighted by Crippen LogP contribution is -2.56. The molecule has 106 valence electrons. The van der Waals surface area contributed by atoms with Crippen LogP contribution in [0.1, 0.15) is 15.9 Å². The molecule has 0 spiro atoms. The van der Waals surface area contributed by atoms with Crippen LogP contribution in [0.2, 0.25) is 5.02 Å². The van der Waals surface area contributed by atoms with E-state index in [4.69, 9.17) is 11.6 Å². The molecule has 2 rings (SSSR count). The third kappa shape index (κ3) is 3.75. The van der Waals surface area contributed by atoms with Gasteiger partial charge in [0.05, 0.1) is 22.2 Å². The maximum atomic E-state index is 12.5. The molecule has 1 saturated heterocycles. The van der Waals surface area contributed by atoms with Gasteiger partial charge in [-0.2, -0.15) is 13.2 Å². The Bertz CT molecular complexity index is 475. The van der Waals surface area contributed by atoms with E-state index in [-0.39, 0.29) is 29.0 Å². The van der Waals surface area contributed by atoms with Crippen molar-refractivity contribution in [2.75, 3.05) is 13.1 Å². The van der Waals surface area contributed by atoms with Gasteiger partial charge in [-0.3, -0.25) is 4.79 Å². The number of amides is 1. The fourth-order valence-corrected chi connectivity index (χ4v) is 1.73. The molecule has 0 bridgehead atoms. The van der Waals surface area contributed by atoms with Crippen molar-refractivity contribution in [2.45, 2.75) is 12.2 Å². The third-order valence-corrected chi connectivity index (χ3v) is 2.98. The van der Waals surface area contributed by atoms with Gasteiger partial charge < -0.3 is 10.6 Å². The number of halogens is 5. The smallest absolute Gasteiger partial charge is 0.347 e. The summed E-state index contributed by atoms with van der Waals surface area (Å²) in [7, 11) is 0. The molecule has 1 amide bonds. The number of alkyl halides is 3. The first-order valence-electron chi connectivity index (χ1n) is 5.26. The van der Waals surface area contributed by atoms with E-state index in [2.05, 4.69) is 10.6 Å². The Morgan fingerprint density at radius 3 is 2.47 bits per heavy atom. The maximum Gasteiger partial charge on any atom is 0.416 e. The fraction of sp³-hybridized carbons (Fsp3) is 0.364. The molecule has 1 fully saturated rings. The van der Waals surface area contributed by atoms with E-state index >= 15 is 0 Å². The Kier molecular flexibility index (Phi) is 5.06. The van der Waals surface area contributed by atoms with Gasteiger partial charge in [0.15, 0.2) is 0 Å². The first kappa shape index (κ1) is 16.1. The predicted octanol–water partition coefficient (Wildman–Crippen LogP) is 2.48. The van der Waals surface area contributed by atoms with Crippen molar-refractivity contribution in [3.8, 4) is 0 Å². The van der Waals surface area contributed by atoms with Crippen molar-refractivity contribution in [1.82, 2.24) is 10.6 Å². The van der Waals surface area contributed by atoms with E-state index in [1.165, 1.54) is 0 Å². The zero-order valence-electron chi connectivity index (χ0n) is 9.55. The van der Waals surface area contributed by atoms with Crippen molar-refractivity contribution >= 4 is 29.9 Å². The van der Waals surface area contributed by atoms with Crippen molar-refractivity contribution in [3.05, 3.63) is 34.3 Å². The van der Waals surface area contributed by atoms with E-state index in [1.807, 2.05) is 0 Å². The molecule has 0 aromatic heterocycles. The summed E-state index contributed by atoms with van der Waals surface area (Å²) in [4.78, 5) is 11.8. The topological polar surface area (TPSA) is 41.1 Å². The second-order valence-corrected chi connectivity index (χ2v) is 4.43. The molecule has 19 heavy (non-hydrogen) atoms. The van der Waals surface area contributed by atoms with Crippen LogP contribution in [0.4, 0.5) is 13.2 Å². The Morgan fingerprint density at radius 1 is 1.37 bits per heavy atom. The Balaban J connectivity index is 0.00000180. The minimum Gasteiger partial charge on any atom is -0.347 e. The molecule has 1 aromatic rings. The summed E-state index contributed by atoms with van der Waals surface area (Å²) in [5.74, 6) is -0.586. The van der Waals surface area contributed by atoms with Gasteiger partial charge in [-0.05, 0) is 18.2 Å². The monoisotopic (exact) mass is 314 g/mol. The molecule has 1 aliphatic rings. The summed E-state index contributed by atoms with van der Waals surface area (Å²) < 4.78 is 37.6. The van der Waals surface area contributed by atoms with E-state index in [9.17, 15) is 18.0 Å². The second-order valence-electron chi connectivity index (χ2n) is 4.02. The lowest BCUT2D eigenvalue weighted by atomic mass is 10.1. The minimum absolute atomic E-state index is 0. The zero-order chi connectivity index (χ0) is 13.3. The minimum atomic E-state index is -4.49. The fourth-order valence-electron chi connectivity index (χ4n) is 1.53. The lowest BCUT2D eigenvalue weighted by Gasteiger charge is -2.28. The average molecular weight is 315 g/mol. The van der Waals surface area contributed by atoms with Gasteiger partial charge in [-0.25, -0.2) is 0 Å². The summed E-state index contributed by atoms with van der Waals surface area (Å²) in [5, 5.41) is 5.55. The summed E-state index contributed by atoms with van der Waals surface area (Å²) >= 11 is 5.74. The number of rotatable bonds is 2. The normalized spacial score (nSPS) is 15.4. The lowest BCUT2D eigenvalue weighted by molar-refractivity contribution is -0.137. The highest BCUT2D eigenvalue weighted by molar-refractivity contribution is 6.33. The van der Waals surface area contributed by atoms with E-state index in [0.29, 0.717) is 13.1 Å². The first-order valence-corrected chi connectivity index (χ1v) is 5.64. The first-order chi connectivity index (χ1) is 8.38. The van der Waals surface area contributed by atoms with Crippen molar-refractivity contribution in [1.29, 1.82) is 0 Å². The maximum absolute atomic E-state index is 12.5. The molecular formula is C11H11Cl2F3N2O. The number of carbonyl (C=O) groups is 1. The molecule has 3 nitrogen and oxygen atoms in total. The van der Waals surface area contributed by atoms with Crippen molar-refractivity contribution < 1.29 is 18.0 Å². The van der Waals surface area contributed by atoms with Gasteiger partial charge in [-0.1, -0.05) is 11.6 Å². The number of hydrogen-bond donors (Lipinski definition) is 2. The largest absolute Gasteiger partial charge is 0.416 e. The van der Waals surface area contributed by atoms with Gasteiger partial charge in [0, 0.05) is 13.1 Å². The summed E-state index contributed by atoms with van der Waals surface area (Å²) in [6.07, 6.45) is -4.49. The van der Waals surface area contributed by atoms with Crippen LogP contribution in [-0.2, 0) is 6.18 Å². The molecule has 0 atom stereocenters. The molecule has 0 saturated carbocycles.